The first kappa shape index (κ1) is 54.2. The molecule has 0 bridgehead atoms. The fourth-order valence-electron chi connectivity index (χ4n) is 5.86. The summed E-state index contributed by atoms with van der Waals surface area (Å²) in [5.74, 6) is -7.86. The van der Waals surface area contributed by atoms with Crippen molar-refractivity contribution in [2.45, 2.75) is 144 Å². The van der Waals surface area contributed by atoms with E-state index in [2.05, 4.69) is 42.5 Å². The summed E-state index contributed by atoms with van der Waals surface area (Å²) in [7, 11) is 0. The van der Waals surface area contributed by atoms with Gasteiger partial charge in [0.1, 0.15) is 42.8 Å². The summed E-state index contributed by atoms with van der Waals surface area (Å²) in [6.45, 7) is 17.5. The molecule has 0 heterocycles. The largest absolute Gasteiger partial charge is 0.480 e. The van der Waals surface area contributed by atoms with Crippen molar-refractivity contribution < 1.29 is 53.4 Å². The molecule has 8 amide bonds. The molecule has 7 atom stereocenters. The van der Waals surface area contributed by atoms with Gasteiger partial charge in [-0.05, 0) is 62.2 Å². The molecule has 0 spiro atoms. The zero-order valence-electron chi connectivity index (χ0n) is 36.5. The van der Waals surface area contributed by atoms with Gasteiger partial charge in [-0.25, -0.2) is 0 Å². The first-order valence-corrected chi connectivity index (χ1v) is 20.2. The molecule has 0 aliphatic carbocycles. The van der Waals surface area contributed by atoms with Crippen LogP contribution in [0, 0.1) is 29.6 Å². The Bertz CT molecular complexity index is 1440. The molecule has 0 unspecified atom stereocenters. The molecule has 59 heavy (non-hydrogen) atoms. The van der Waals surface area contributed by atoms with Crippen molar-refractivity contribution in [2.24, 2.45) is 35.3 Å². The number of aliphatic hydroxyl groups is 1. The highest BCUT2D eigenvalue weighted by molar-refractivity contribution is 5.97. The van der Waals surface area contributed by atoms with E-state index in [1.807, 2.05) is 55.4 Å². The molecular weight excluding hydrogens is 770 g/mol. The molecule has 0 saturated carbocycles. The van der Waals surface area contributed by atoms with Crippen LogP contribution in [-0.2, 0) is 43.2 Å². The smallest absolute Gasteiger partial charge is 0.322 e. The van der Waals surface area contributed by atoms with E-state index in [0.29, 0.717) is 0 Å². The molecule has 0 aromatic rings. The topological polar surface area (TPSA) is 316 Å². The van der Waals surface area contributed by atoms with E-state index in [4.69, 9.17) is 10.8 Å². The van der Waals surface area contributed by atoms with Gasteiger partial charge in [0.05, 0.1) is 19.2 Å². The van der Waals surface area contributed by atoms with Gasteiger partial charge in [0.25, 0.3) is 0 Å². The van der Waals surface area contributed by atoms with Crippen LogP contribution in [0.5, 0.6) is 0 Å². The van der Waals surface area contributed by atoms with Crippen molar-refractivity contribution in [2.75, 3.05) is 19.6 Å². The maximum atomic E-state index is 13.7. The average Bonchev–Trinajstić information content (AvgIpc) is 3.11. The van der Waals surface area contributed by atoms with Gasteiger partial charge in [-0.15, -0.1) is 0 Å². The molecular formula is C39H71N9O11. The van der Waals surface area contributed by atoms with Gasteiger partial charge >= 0.3 is 5.97 Å². The monoisotopic (exact) mass is 842 g/mol. The zero-order chi connectivity index (χ0) is 45.7. The number of hydrogen-bond donors (Lipinski definition) is 11. The Balaban J connectivity index is 5.92. The van der Waals surface area contributed by atoms with Crippen LogP contribution < -0.4 is 48.3 Å². The van der Waals surface area contributed by atoms with E-state index >= 15 is 0 Å². The highest BCUT2D eigenvalue weighted by atomic mass is 16.4. The van der Waals surface area contributed by atoms with Crippen LogP contribution in [0.4, 0.5) is 0 Å². The first-order valence-electron chi connectivity index (χ1n) is 20.2. The molecule has 0 aromatic heterocycles. The fourth-order valence-corrected chi connectivity index (χ4v) is 5.86. The second kappa shape index (κ2) is 27.0. The molecule has 0 radical (unpaired) electrons. The molecule has 20 nitrogen and oxygen atoms in total. The van der Waals surface area contributed by atoms with Crippen molar-refractivity contribution in [1.29, 1.82) is 0 Å². The van der Waals surface area contributed by atoms with Crippen molar-refractivity contribution in [3.05, 3.63) is 0 Å². The Morgan fingerprint density at radius 2 is 0.797 bits per heavy atom. The SMILES string of the molecule is CC(C)C[C@H](NC(=O)CN)C(=O)N[C@@H](CC(C)C)C(=O)NCC(=O)N[C@H](C(=O)N[C@H](C(=O)N[C@@H](CC(C)C)C(=O)N[C@@H](CC(C)C)C(=O)NCC(=O)O)C(C)C)[C@@H](C)O. The maximum Gasteiger partial charge on any atom is 0.322 e. The van der Waals surface area contributed by atoms with Crippen LogP contribution in [0.15, 0.2) is 0 Å². The molecule has 0 aliphatic heterocycles. The first-order chi connectivity index (χ1) is 27.3. The second-order valence-corrected chi connectivity index (χ2v) is 16.9. The van der Waals surface area contributed by atoms with Gasteiger partial charge in [0.2, 0.25) is 47.3 Å². The standard InChI is InChI=1S/C39H71N9O11/c1-19(2)12-25(44-36(56)27(14-21(5)6)43-29(50)16-40)34(54)41-17-30(51)47-33(24(11)49)39(59)48-32(23(9)10)38(58)46-28(15-22(7)8)37(57)45-26(13-20(3)4)35(55)42-18-31(52)53/h19-28,32-33,49H,12-18,40H2,1-11H3,(H,41,54)(H,42,55)(H,43,50)(H,44,56)(H,45,57)(H,46,58)(H,47,51)(H,48,59)(H,52,53)/t24-,25+,26+,27+,28+,32+,33+/m1/s1. The van der Waals surface area contributed by atoms with E-state index in [1.165, 1.54) is 6.92 Å². The van der Waals surface area contributed by atoms with Crippen LogP contribution in [0.3, 0.4) is 0 Å². The van der Waals surface area contributed by atoms with Gasteiger partial charge in [0, 0.05) is 0 Å². The average molecular weight is 842 g/mol. The molecule has 20 heteroatoms. The lowest BCUT2D eigenvalue weighted by atomic mass is 9.98. The molecule has 0 aliphatic rings. The number of nitrogens with one attached hydrogen (secondary N) is 8. The van der Waals surface area contributed by atoms with E-state index in [0.717, 1.165) is 0 Å². The van der Waals surface area contributed by atoms with Gasteiger partial charge in [-0.2, -0.15) is 0 Å². The minimum atomic E-state index is -1.58. The molecule has 0 rings (SSSR count). The minimum absolute atomic E-state index is 0.0187. The van der Waals surface area contributed by atoms with Crippen molar-refractivity contribution >= 4 is 53.2 Å². The number of aliphatic hydroxyl groups excluding tert-OH is 1. The third-order valence-electron chi connectivity index (χ3n) is 8.73. The molecule has 0 aromatic carbocycles. The van der Waals surface area contributed by atoms with Crippen LogP contribution >= 0.6 is 0 Å². The third-order valence-corrected chi connectivity index (χ3v) is 8.73. The van der Waals surface area contributed by atoms with Crippen molar-refractivity contribution in [1.82, 2.24) is 42.5 Å². The second-order valence-electron chi connectivity index (χ2n) is 16.9. The Morgan fingerprint density at radius 3 is 1.15 bits per heavy atom. The highest BCUT2D eigenvalue weighted by Crippen LogP contribution is 2.12. The summed E-state index contributed by atoms with van der Waals surface area (Å²) >= 11 is 0. The number of nitrogens with two attached hydrogens (primary N) is 1. The molecule has 338 valence electrons. The Kier molecular flexibility index (Phi) is 24.8. The van der Waals surface area contributed by atoms with Crippen molar-refractivity contribution in [3.63, 3.8) is 0 Å². The number of hydrogen-bond acceptors (Lipinski definition) is 11. The number of carboxylic acid groups (broad SMARTS) is 1. The Labute approximate surface area is 347 Å². The van der Waals surface area contributed by atoms with Gasteiger partial charge < -0.3 is 58.5 Å². The normalized spacial score (nSPS) is 14.9. The Hall–Kier alpha value is -4.85. The number of amides is 8. The summed E-state index contributed by atoms with van der Waals surface area (Å²) in [5, 5.41) is 39.5. The van der Waals surface area contributed by atoms with Gasteiger partial charge in [-0.3, -0.25) is 43.2 Å². The summed E-state index contributed by atoms with van der Waals surface area (Å²) < 4.78 is 0. The summed E-state index contributed by atoms with van der Waals surface area (Å²) in [4.78, 5) is 116. The quantitative estimate of drug-likeness (QED) is 0.0446. The number of carboxylic acids is 1. The number of carbonyl (C=O) groups is 9. The lowest BCUT2D eigenvalue weighted by molar-refractivity contribution is -0.139. The molecule has 12 N–H and O–H groups in total. The van der Waals surface area contributed by atoms with E-state index < -0.39 is 115 Å². The van der Waals surface area contributed by atoms with Gasteiger partial charge in [0.15, 0.2) is 0 Å². The number of rotatable bonds is 27. The Morgan fingerprint density at radius 1 is 0.441 bits per heavy atom. The molecule has 0 saturated heterocycles. The third kappa shape index (κ3) is 22.2. The predicted octanol–water partition coefficient (Wildman–Crippen LogP) is -1.61. The zero-order valence-corrected chi connectivity index (χ0v) is 36.5. The fraction of sp³-hybridized carbons (Fsp3) is 0.769. The molecule has 0 fully saturated rings. The lowest BCUT2D eigenvalue weighted by Gasteiger charge is -2.29. The summed E-state index contributed by atoms with van der Waals surface area (Å²) in [6.07, 6.45) is -0.668. The van der Waals surface area contributed by atoms with Crippen LogP contribution in [0.25, 0.3) is 0 Å². The number of aliphatic carboxylic acids is 1. The maximum absolute atomic E-state index is 13.7. The van der Waals surface area contributed by atoms with E-state index in [-0.39, 0.29) is 55.9 Å². The summed E-state index contributed by atoms with van der Waals surface area (Å²) in [5.41, 5.74) is 5.40. The lowest BCUT2D eigenvalue weighted by Crippen LogP contribution is -2.61. The van der Waals surface area contributed by atoms with Crippen LogP contribution in [0.1, 0.15) is 102 Å². The van der Waals surface area contributed by atoms with E-state index in [9.17, 15) is 48.3 Å². The van der Waals surface area contributed by atoms with Crippen LogP contribution in [-0.4, -0.2) is 125 Å². The van der Waals surface area contributed by atoms with Crippen molar-refractivity contribution in [3.8, 4) is 0 Å². The number of carbonyl (C=O) groups excluding carboxylic acids is 8. The van der Waals surface area contributed by atoms with Crippen LogP contribution in [0.2, 0.25) is 0 Å². The van der Waals surface area contributed by atoms with Gasteiger partial charge in [-0.1, -0.05) is 69.2 Å². The minimum Gasteiger partial charge on any atom is -0.480 e. The van der Waals surface area contributed by atoms with E-state index in [1.54, 1.807) is 13.8 Å². The predicted molar refractivity (Wildman–Crippen MR) is 219 cm³/mol. The highest BCUT2D eigenvalue weighted by Gasteiger charge is 2.35. The summed E-state index contributed by atoms with van der Waals surface area (Å²) in [6, 6.07) is -7.14.